The van der Waals surface area contributed by atoms with Crippen molar-refractivity contribution < 1.29 is 33.7 Å². The minimum Gasteiger partial charge on any atom is -0.474 e. The van der Waals surface area contributed by atoms with E-state index in [4.69, 9.17) is 9.47 Å². The second kappa shape index (κ2) is 13.1. The Morgan fingerprint density at radius 2 is 1.70 bits per heavy atom. The molecule has 0 aliphatic carbocycles. The maximum atomic E-state index is 14.1. The number of nitrogens with zero attached hydrogens (tertiary/aromatic N) is 5. The zero-order valence-corrected chi connectivity index (χ0v) is 25.3. The van der Waals surface area contributed by atoms with Gasteiger partial charge in [0.15, 0.2) is 0 Å². The van der Waals surface area contributed by atoms with Crippen LogP contribution in [0.3, 0.4) is 0 Å². The SMILES string of the molecule is C[C@@H]1CN(CC(=O)N2c3cc(Cc4ccc(F)cc4)c(CO)nc3OC[C@@H]2C)[C@@H](CN2[C@H](C)COC[C@H]2C)CN1C(=O)O. The average Bonchev–Trinajstić information content (AvgIpc) is 2.96. The monoisotopic (exact) mass is 599 g/mol. The van der Waals surface area contributed by atoms with Crippen LogP contribution in [0, 0.1) is 5.82 Å². The molecule has 43 heavy (non-hydrogen) atoms. The highest BCUT2D eigenvalue weighted by atomic mass is 19.1. The van der Waals surface area contributed by atoms with Crippen LogP contribution in [0.2, 0.25) is 0 Å². The number of aromatic nitrogens is 1. The van der Waals surface area contributed by atoms with Crippen molar-refractivity contribution in [3.8, 4) is 5.88 Å². The number of ether oxygens (including phenoxy) is 2. The van der Waals surface area contributed by atoms with Gasteiger partial charge in [0.05, 0.1) is 38.1 Å². The van der Waals surface area contributed by atoms with Crippen LogP contribution >= 0.6 is 0 Å². The number of amides is 2. The first-order valence-corrected chi connectivity index (χ1v) is 15.0. The van der Waals surface area contributed by atoms with E-state index in [-0.39, 0.29) is 67.6 Å². The Kier molecular flexibility index (Phi) is 9.50. The number of rotatable bonds is 7. The molecule has 4 heterocycles. The molecule has 2 amide bonds. The minimum atomic E-state index is -0.957. The summed E-state index contributed by atoms with van der Waals surface area (Å²) in [4.78, 5) is 38.4. The van der Waals surface area contributed by atoms with E-state index in [0.29, 0.717) is 50.7 Å². The van der Waals surface area contributed by atoms with Gasteiger partial charge in [-0.1, -0.05) is 12.1 Å². The van der Waals surface area contributed by atoms with Crippen LogP contribution in [0.25, 0.3) is 0 Å². The Bertz CT molecular complexity index is 1300. The minimum absolute atomic E-state index is 0.106. The number of fused-ring (bicyclic) bond motifs is 1. The molecule has 3 aliphatic heterocycles. The van der Waals surface area contributed by atoms with Crippen LogP contribution < -0.4 is 9.64 Å². The zero-order chi connectivity index (χ0) is 30.8. The molecule has 0 spiro atoms. The van der Waals surface area contributed by atoms with Crippen molar-refractivity contribution in [2.45, 2.75) is 70.9 Å². The molecule has 12 heteroatoms. The van der Waals surface area contributed by atoms with Crippen LogP contribution in [0.1, 0.15) is 44.5 Å². The Balaban J connectivity index is 1.41. The summed E-state index contributed by atoms with van der Waals surface area (Å²) in [6, 6.07) is 7.62. The van der Waals surface area contributed by atoms with E-state index in [0.717, 1.165) is 11.1 Å². The lowest BCUT2D eigenvalue weighted by molar-refractivity contribution is -0.122. The molecule has 2 fully saturated rings. The summed E-state index contributed by atoms with van der Waals surface area (Å²) >= 11 is 0. The van der Waals surface area contributed by atoms with Crippen molar-refractivity contribution in [2.75, 3.05) is 50.9 Å². The van der Waals surface area contributed by atoms with Crippen LogP contribution in [-0.2, 0) is 22.6 Å². The Hall–Kier alpha value is -3.32. The number of benzene rings is 1. The largest absolute Gasteiger partial charge is 0.474 e. The van der Waals surface area contributed by atoms with Gasteiger partial charge in [0, 0.05) is 43.8 Å². The third-order valence-electron chi connectivity index (χ3n) is 8.84. The van der Waals surface area contributed by atoms with E-state index in [1.165, 1.54) is 17.0 Å². The van der Waals surface area contributed by atoms with Crippen LogP contribution in [0.4, 0.5) is 14.9 Å². The maximum Gasteiger partial charge on any atom is 0.407 e. The summed E-state index contributed by atoms with van der Waals surface area (Å²) in [7, 11) is 0. The van der Waals surface area contributed by atoms with Crippen LogP contribution in [-0.4, -0.2) is 118 Å². The summed E-state index contributed by atoms with van der Waals surface area (Å²) in [5, 5.41) is 19.9. The smallest absolute Gasteiger partial charge is 0.407 e. The van der Waals surface area contributed by atoms with Crippen LogP contribution in [0.15, 0.2) is 30.3 Å². The van der Waals surface area contributed by atoms with Gasteiger partial charge in [0.1, 0.15) is 18.1 Å². The predicted molar refractivity (Wildman–Crippen MR) is 158 cm³/mol. The standard InChI is InChI=1S/C31H42FN5O6/c1-19-11-34(26(13-36(19)31(40)41)12-35-20(2)16-42-17-21(35)3)14-29(39)37-22(4)18-43-30-28(37)10-24(27(15-38)33-30)9-23-5-7-25(32)8-6-23/h5-8,10,19-22,26,38H,9,11-18H2,1-4H3,(H,40,41)/t19-,20-,21-,22+,26+/m1/s1. The molecule has 0 radical (unpaired) electrons. The highest BCUT2D eigenvalue weighted by Gasteiger charge is 2.40. The summed E-state index contributed by atoms with van der Waals surface area (Å²) in [5.74, 6) is -0.176. The molecule has 3 aliphatic rings. The quantitative estimate of drug-likeness (QED) is 0.495. The summed E-state index contributed by atoms with van der Waals surface area (Å²) in [6.45, 7) is 10.6. The van der Waals surface area contributed by atoms with Crippen molar-refractivity contribution in [1.82, 2.24) is 19.7 Å². The van der Waals surface area contributed by atoms with Gasteiger partial charge in [0.2, 0.25) is 11.8 Å². The van der Waals surface area contributed by atoms with Crippen molar-refractivity contribution in [3.63, 3.8) is 0 Å². The number of anilines is 1. The number of carboxylic acid groups (broad SMARTS) is 1. The first-order valence-electron chi connectivity index (χ1n) is 15.0. The fourth-order valence-electron chi connectivity index (χ4n) is 6.48. The third kappa shape index (κ3) is 6.77. The maximum absolute atomic E-state index is 14.1. The van der Waals surface area contributed by atoms with E-state index < -0.39 is 6.09 Å². The second-order valence-corrected chi connectivity index (χ2v) is 12.1. The lowest BCUT2D eigenvalue weighted by atomic mass is 10.0. The number of carbonyl (C=O) groups excluding carboxylic acids is 1. The van der Waals surface area contributed by atoms with E-state index in [2.05, 4.69) is 28.6 Å². The van der Waals surface area contributed by atoms with Crippen molar-refractivity contribution >= 4 is 17.7 Å². The van der Waals surface area contributed by atoms with Gasteiger partial charge in [-0.3, -0.25) is 14.6 Å². The zero-order valence-electron chi connectivity index (χ0n) is 25.3. The predicted octanol–water partition coefficient (Wildman–Crippen LogP) is 2.58. The molecule has 0 bridgehead atoms. The van der Waals surface area contributed by atoms with Gasteiger partial charge in [-0.05, 0) is 63.4 Å². The average molecular weight is 600 g/mol. The normalized spacial score (nSPS) is 26.6. The van der Waals surface area contributed by atoms with Gasteiger partial charge in [-0.25, -0.2) is 14.2 Å². The Labute approximate surface area is 251 Å². The molecular formula is C31H42FN5O6. The van der Waals surface area contributed by atoms with E-state index >= 15 is 0 Å². The molecule has 5 atom stereocenters. The fraction of sp³-hybridized carbons (Fsp3) is 0.581. The molecule has 0 unspecified atom stereocenters. The lowest BCUT2D eigenvalue weighted by Gasteiger charge is -2.48. The van der Waals surface area contributed by atoms with Crippen molar-refractivity contribution in [3.05, 3.63) is 53.0 Å². The molecular weight excluding hydrogens is 557 g/mol. The molecule has 5 rings (SSSR count). The number of pyridine rings is 1. The highest BCUT2D eigenvalue weighted by Crippen LogP contribution is 2.35. The number of hydrogen-bond acceptors (Lipinski definition) is 8. The first-order chi connectivity index (χ1) is 20.5. The van der Waals surface area contributed by atoms with E-state index in [1.54, 1.807) is 17.0 Å². The molecule has 1 aromatic carbocycles. The second-order valence-electron chi connectivity index (χ2n) is 12.1. The Morgan fingerprint density at radius 3 is 2.35 bits per heavy atom. The summed E-state index contributed by atoms with van der Waals surface area (Å²) in [5.41, 5.74) is 2.54. The first kappa shape index (κ1) is 31.1. The molecule has 234 valence electrons. The summed E-state index contributed by atoms with van der Waals surface area (Å²) in [6.07, 6.45) is -0.554. The summed E-state index contributed by atoms with van der Waals surface area (Å²) < 4.78 is 25.1. The molecule has 2 N–H and O–H groups in total. The fourth-order valence-corrected chi connectivity index (χ4v) is 6.48. The number of aliphatic hydroxyl groups is 1. The molecule has 0 saturated carbocycles. The number of halogens is 1. The molecule has 2 saturated heterocycles. The van der Waals surface area contributed by atoms with Crippen LogP contribution in [0.5, 0.6) is 5.88 Å². The van der Waals surface area contributed by atoms with Gasteiger partial charge in [0.25, 0.3) is 0 Å². The highest BCUT2D eigenvalue weighted by molar-refractivity contribution is 5.97. The van der Waals surface area contributed by atoms with E-state index in [1.807, 2.05) is 19.9 Å². The lowest BCUT2D eigenvalue weighted by Crippen LogP contribution is -2.65. The molecule has 11 nitrogen and oxygen atoms in total. The van der Waals surface area contributed by atoms with E-state index in [9.17, 15) is 24.2 Å². The molecule has 2 aromatic rings. The topological polar surface area (TPSA) is 119 Å². The van der Waals surface area contributed by atoms with Crippen molar-refractivity contribution in [1.29, 1.82) is 0 Å². The van der Waals surface area contributed by atoms with Gasteiger partial charge in [-0.2, -0.15) is 0 Å². The number of piperazine rings is 1. The number of morpholine rings is 1. The van der Waals surface area contributed by atoms with Crippen molar-refractivity contribution in [2.24, 2.45) is 0 Å². The van der Waals surface area contributed by atoms with Gasteiger partial charge in [-0.15, -0.1) is 0 Å². The Morgan fingerprint density at radius 1 is 1.00 bits per heavy atom. The van der Waals surface area contributed by atoms with Gasteiger partial charge < -0.3 is 29.5 Å². The third-order valence-corrected chi connectivity index (χ3v) is 8.84. The number of aliphatic hydroxyl groups excluding tert-OH is 1. The molecule has 1 aromatic heterocycles. The van der Waals surface area contributed by atoms with Gasteiger partial charge >= 0.3 is 6.09 Å². The number of carbonyl (C=O) groups is 2. The number of hydrogen-bond donors (Lipinski definition) is 2.